The predicted molar refractivity (Wildman–Crippen MR) is 111 cm³/mol. The lowest BCUT2D eigenvalue weighted by Gasteiger charge is -2.37. The van der Waals surface area contributed by atoms with Gasteiger partial charge in [0, 0.05) is 11.1 Å². The molecule has 0 unspecified atom stereocenters. The van der Waals surface area contributed by atoms with Crippen molar-refractivity contribution in [3.05, 3.63) is 83.6 Å². The lowest BCUT2D eigenvalue weighted by molar-refractivity contribution is -0.104. The first-order valence-electron chi connectivity index (χ1n) is 10.1. The van der Waals surface area contributed by atoms with Gasteiger partial charge in [-0.05, 0) is 53.5 Å². The number of carbonyl (C=O) groups is 1. The van der Waals surface area contributed by atoms with E-state index < -0.39 is 17.0 Å². The zero-order valence-corrected chi connectivity index (χ0v) is 16.0. The summed E-state index contributed by atoms with van der Waals surface area (Å²) in [6, 6.07) is 15.9. The Balaban J connectivity index is 1.90. The van der Waals surface area contributed by atoms with Gasteiger partial charge in [0.25, 0.3) is 0 Å². The molecule has 0 amide bonds. The zero-order valence-electron chi connectivity index (χ0n) is 16.0. The van der Waals surface area contributed by atoms with Crippen LogP contribution in [0.3, 0.4) is 0 Å². The highest BCUT2D eigenvalue weighted by molar-refractivity contribution is 5.98. The summed E-state index contributed by atoms with van der Waals surface area (Å²) >= 11 is 0. The molecule has 0 saturated heterocycles. The second kappa shape index (κ2) is 6.80. The first-order chi connectivity index (χ1) is 14.2. The summed E-state index contributed by atoms with van der Waals surface area (Å²) in [5.74, 6) is -1.26. The third-order valence-electron chi connectivity index (χ3n) is 6.45. The van der Waals surface area contributed by atoms with Crippen molar-refractivity contribution in [1.29, 1.82) is 0 Å². The molecule has 1 heterocycles. The molecule has 3 aromatic rings. The normalized spacial score (nSPS) is 19.1. The number of nitrogens with zero attached hydrogens (tertiary/aromatic N) is 1. The Hall–Kier alpha value is -3.01. The van der Waals surface area contributed by atoms with E-state index in [4.69, 9.17) is 0 Å². The quantitative estimate of drug-likeness (QED) is 0.366. The number of para-hydroxylation sites is 1. The minimum absolute atomic E-state index is 0.112. The summed E-state index contributed by atoms with van der Waals surface area (Å²) < 4.78 is 29.8. The molecular formula is C25H21F2NO. The second-order valence-corrected chi connectivity index (χ2v) is 7.92. The molecule has 5 rings (SSSR count). The van der Waals surface area contributed by atoms with E-state index in [2.05, 4.69) is 12.1 Å². The Morgan fingerprint density at radius 1 is 0.862 bits per heavy atom. The highest BCUT2D eigenvalue weighted by Crippen LogP contribution is 2.59. The Labute approximate surface area is 168 Å². The van der Waals surface area contributed by atoms with E-state index in [0.717, 1.165) is 60.4 Å². The third-order valence-corrected chi connectivity index (χ3v) is 6.45. The van der Waals surface area contributed by atoms with Crippen molar-refractivity contribution in [2.45, 2.75) is 37.5 Å². The lowest BCUT2D eigenvalue weighted by atomic mass is 9.67. The van der Waals surface area contributed by atoms with Crippen molar-refractivity contribution in [1.82, 2.24) is 0 Å². The highest BCUT2D eigenvalue weighted by Gasteiger charge is 2.49. The SMILES string of the molecule is O=C/C=C1\N(c2c(F)cccc2F)c2ccc3ccccc3c2C12CCCCC2. The van der Waals surface area contributed by atoms with Gasteiger partial charge in [0.15, 0.2) is 0 Å². The molecule has 0 radical (unpaired) electrons. The maximum Gasteiger partial charge on any atom is 0.150 e. The number of hydrogen-bond donors (Lipinski definition) is 0. The summed E-state index contributed by atoms with van der Waals surface area (Å²) in [5, 5.41) is 2.18. The van der Waals surface area contributed by atoms with Crippen LogP contribution in [0, 0.1) is 11.6 Å². The molecule has 4 heteroatoms. The second-order valence-electron chi connectivity index (χ2n) is 7.92. The first kappa shape index (κ1) is 18.0. The maximum atomic E-state index is 14.9. The van der Waals surface area contributed by atoms with Crippen LogP contribution in [0.2, 0.25) is 0 Å². The van der Waals surface area contributed by atoms with Crippen LogP contribution in [0.1, 0.15) is 37.7 Å². The molecule has 29 heavy (non-hydrogen) atoms. The van der Waals surface area contributed by atoms with Gasteiger partial charge in [0.05, 0.1) is 5.69 Å². The number of benzene rings is 3. The van der Waals surface area contributed by atoms with Crippen LogP contribution >= 0.6 is 0 Å². The number of allylic oxidation sites excluding steroid dienone is 2. The van der Waals surface area contributed by atoms with Gasteiger partial charge in [0.1, 0.15) is 23.6 Å². The Morgan fingerprint density at radius 2 is 1.59 bits per heavy atom. The molecule has 3 aromatic carbocycles. The van der Waals surface area contributed by atoms with Gasteiger partial charge in [-0.15, -0.1) is 0 Å². The number of rotatable bonds is 2. The minimum Gasteiger partial charge on any atom is -0.308 e. The molecule has 0 aromatic heterocycles. The molecule has 146 valence electrons. The molecule has 1 aliphatic carbocycles. The molecule has 0 N–H and O–H groups in total. The predicted octanol–water partition coefficient (Wildman–Crippen LogP) is 6.55. The molecule has 1 fully saturated rings. The van der Waals surface area contributed by atoms with Crippen molar-refractivity contribution in [2.24, 2.45) is 0 Å². The van der Waals surface area contributed by atoms with E-state index in [0.29, 0.717) is 5.70 Å². The largest absolute Gasteiger partial charge is 0.308 e. The fraction of sp³-hybridized carbons (Fsp3) is 0.240. The molecule has 0 atom stereocenters. The fourth-order valence-corrected chi connectivity index (χ4v) is 5.32. The number of fused-ring (bicyclic) bond motifs is 4. The number of carbonyl (C=O) groups excluding carboxylic acids is 1. The van der Waals surface area contributed by atoms with E-state index in [-0.39, 0.29) is 5.69 Å². The number of hydrogen-bond acceptors (Lipinski definition) is 2. The molecule has 2 nitrogen and oxygen atoms in total. The Morgan fingerprint density at radius 3 is 2.31 bits per heavy atom. The summed E-state index contributed by atoms with van der Waals surface area (Å²) in [4.78, 5) is 13.3. The molecule has 1 saturated carbocycles. The van der Waals surface area contributed by atoms with Crippen LogP contribution in [0.4, 0.5) is 20.2 Å². The van der Waals surface area contributed by atoms with E-state index in [1.807, 2.05) is 24.3 Å². The van der Waals surface area contributed by atoms with Gasteiger partial charge in [-0.1, -0.05) is 55.7 Å². The third kappa shape index (κ3) is 2.55. The van der Waals surface area contributed by atoms with Crippen molar-refractivity contribution >= 4 is 28.4 Å². The monoisotopic (exact) mass is 389 g/mol. The average molecular weight is 389 g/mol. The number of aldehydes is 1. The van der Waals surface area contributed by atoms with Gasteiger partial charge in [-0.25, -0.2) is 8.78 Å². The lowest BCUT2D eigenvalue weighted by Crippen LogP contribution is -2.32. The molecule has 0 bridgehead atoms. The van der Waals surface area contributed by atoms with Gasteiger partial charge in [-0.3, -0.25) is 4.79 Å². The maximum absolute atomic E-state index is 14.9. The van der Waals surface area contributed by atoms with Crippen LogP contribution in [0.15, 0.2) is 66.4 Å². The Bertz CT molecular complexity index is 1120. The first-order valence-corrected chi connectivity index (χ1v) is 10.1. The number of halogens is 2. The van der Waals surface area contributed by atoms with Crippen molar-refractivity contribution in [3.8, 4) is 0 Å². The fourth-order valence-electron chi connectivity index (χ4n) is 5.32. The summed E-state index contributed by atoms with van der Waals surface area (Å²) in [6.07, 6.45) is 7.14. The van der Waals surface area contributed by atoms with E-state index in [9.17, 15) is 13.6 Å². The standard InChI is InChI=1S/C25H21F2NO/c26-19-9-6-10-20(27)24(19)28-21-12-11-17-7-2-3-8-18(17)23(21)25(22(28)13-16-29)14-4-1-5-15-25/h2-3,6-13,16H,1,4-5,14-15H2/b22-13-. The average Bonchev–Trinajstić information content (AvgIpc) is 2.99. The number of anilines is 2. The van der Waals surface area contributed by atoms with E-state index in [1.54, 1.807) is 4.90 Å². The summed E-state index contributed by atoms with van der Waals surface area (Å²) in [7, 11) is 0. The van der Waals surface area contributed by atoms with Crippen molar-refractivity contribution < 1.29 is 13.6 Å². The van der Waals surface area contributed by atoms with Crippen LogP contribution in [0.25, 0.3) is 10.8 Å². The Kier molecular flexibility index (Phi) is 4.23. The summed E-state index contributed by atoms with van der Waals surface area (Å²) in [5.41, 5.74) is 2.01. The molecular weight excluding hydrogens is 368 g/mol. The van der Waals surface area contributed by atoms with E-state index in [1.165, 1.54) is 24.3 Å². The van der Waals surface area contributed by atoms with Crippen LogP contribution < -0.4 is 4.90 Å². The van der Waals surface area contributed by atoms with E-state index >= 15 is 0 Å². The topological polar surface area (TPSA) is 20.3 Å². The molecule has 1 spiro atoms. The van der Waals surface area contributed by atoms with Gasteiger partial charge >= 0.3 is 0 Å². The minimum atomic E-state index is -0.631. The molecule has 2 aliphatic rings. The van der Waals surface area contributed by atoms with Crippen molar-refractivity contribution in [2.75, 3.05) is 4.90 Å². The van der Waals surface area contributed by atoms with Crippen LogP contribution in [-0.4, -0.2) is 6.29 Å². The van der Waals surface area contributed by atoms with Crippen LogP contribution in [-0.2, 0) is 10.2 Å². The van der Waals surface area contributed by atoms with Crippen LogP contribution in [0.5, 0.6) is 0 Å². The van der Waals surface area contributed by atoms with Crippen molar-refractivity contribution in [3.63, 3.8) is 0 Å². The van der Waals surface area contributed by atoms with Gasteiger partial charge in [0.2, 0.25) is 0 Å². The smallest absolute Gasteiger partial charge is 0.150 e. The summed E-state index contributed by atoms with van der Waals surface area (Å²) in [6.45, 7) is 0. The van der Waals surface area contributed by atoms with Gasteiger partial charge in [-0.2, -0.15) is 0 Å². The highest BCUT2D eigenvalue weighted by atomic mass is 19.1. The molecule has 1 aliphatic heterocycles. The van der Waals surface area contributed by atoms with Gasteiger partial charge < -0.3 is 4.90 Å². The zero-order chi connectivity index (χ0) is 20.0.